The maximum Gasteiger partial charge on any atom is 0.276 e. The molecule has 170 valence electrons. The first-order valence-corrected chi connectivity index (χ1v) is 10.8. The van der Waals surface area contributed by atoms with Gasteiger partial charge in [-0.05, 0) is 62.0 Å². The lowest BCUT2D eigenvalue weighted by molar-refractivity contribution is -0.123. The minimum atomic E-state index is -0.454. The molecule has 0 aliphatic rings. The zero-order valence-corrected chi connectivity index (χ0v) is 19.1. The van der Waals surface area contributed by atoms with E-state index in [0.717, 1.165) is 11.1 Å². The minimum absolute atomic E-state index is 0.0412. The fourth-order valence-corrected chi connectivity index (χ4v) is 3.06. The molecule has 7 nitrogen and oxygen atoms in total. The SMILES string of the molecule is CC(C)Oc1ccc(C(=O)NC(=S)NNC(=O)COc2ccccc2-c2ccccc2)cc1. The van der Waals surface area contributed by atoms with E-state index < -0.39 is 11.8 Å². The second-order valence-electron chi connectivity index (χ2n) is 7.30. The number of carbonyl (C=O) groups excluding carboxylic acids is 2. The van der Waals surface area contributed by atoms with Crippen LogP contribution in [0.25, 0.3) is 11.1 Å². The number of benzene rings is 3. The third-order valence-electron chi connectivity index (χ3n) is 4.36. The smallest absolute Gasteiger partial charge is 0.276 e. The molecule has 3 aromatic rings. The van der Waals surface area contributed by atoms with E-state index in [1.807, 2.05) is 62.4 Å². The van der Waals surface area contributed by atoms with Crippen molar-refractivity contribution in [3.8, 4) is 22.6 Å². The molecule has 0 saturated carbocycles. The summed E-state index contributed by atoms with van der Waals surface area (Å²) in [5, 5.41) is 2.46. The van der Waals surface area contributed by atoms with Gasteiger partial charge in [0.25, 0.3) is 11.8 Å². The maximum atomic E-state index is 12.3. The average molecular weight is 464 g/mol. The van der Waals surface area contributed by atoms with Crippen LogP contribution in [0.3, 0.4) is 0 Å². The zero-order valence-electron chi connectivity index (χ0n) is 18.3. The van der Waals surface area contributed by atoms with Crippen LogP contribution in [0.4, 0.5) is 0 Å². The Morgan fingerprint density at radius 2 is 1.55 bits per heavy atom. The molecular formula is C25H25N3O4S. The van der Waals surface area contributed by atoms with Gasteiger partial charge in [0.15, 0.2) is 11.7 Å². The van der Waals surface area contributed by atoms with Crippen LogP contribution in [-0.4, -0.2) is 29.6 Å². The van der Waals surface area contributed by atoms with Crippen molar-refractivity contribution in [3.63, 3.8) is 0 Å². The van der Waals surface area contributed by atoms with E-state index in [1.165, 1.54) is 0 Å². The van der Waals surface area contributed by atoms with Gasteiger partial charge in [0, 0.05) is 11.1 Å². The molecule has 33 heavy (non-hydrogen) atoms. The van der Waals surface area contributed by atoms with Crippen molar-refractivity contribution >= 4 is 29.1 Å². The standard InChI is InChI=1S/C25H25N3O4S/c1-17(2)32-20-14-12-19(13-15-20)24(30)26-25(33)28-27-23(29)16-31-22-11-7-6-10-21(22)18-8-4-3-5-9-18/h3-15,17H,16H2,1-2H3,(H,27,29)(H2,26,28,30,33). The van der Waals surface area contributed by atoms with E-state index in [9.17, 15) is 9.59 Å². The van der Waals surface area contributed by atoms with Gasteiger partial charge < -0.3 is 9.47 Å². The summed E-state index contributed by atoms with van der Waals surface area (Å²) in [4.78, 5) is 24.5. The predicted molar refractivity (Wildman–Crippen MR) is 131 cm³/mol. The van der Waals surface area contributed by atoms with E-state index in [0.29, 0.717) is 17.1 Å². The van der Waals surface area contributed by atoms with Crippen molar-refractivity contribution in [2.45, 2.75) is 20.0 Å². The van der Waals surface area contributed by atoms with Gasteiger partial charge in [-0.2, -0.15) is 0 Å². The molecule has 0 aliphatic carbocycles. The quantitative estimate of drug-likeness (QED) is 0.364. The molecular weight excluding hydrogens is 438 g/mol. The summed E-state index contributed by atoms with van der Waals surface area (Å²) in [6.07, 6.45) is 0.0425. The van der Waals surface area contributed by atoms with E-state index in [1.54, 1.807) is 30.3 Å². The Hall–Kier alpha value is -3.91. The largest absolute Gasteiger partial charge is 0.491 e. The first kappa shape index (κ1) is 23.7. The highest BCUT2D eigenvalue weighted by Crippen LogP contribution is 2.29. The molecule has 3 rings (SSSR count). The molecule has 2 amide bonds. The van der Waals surface area contributed by atoms with Crippen molar-refractivity contribution in [1.29, 1.82) is 0 Å². The summed E-state index contributed by atoms with van der Waals surface area (Å²) < 4.78 is 11.2. The number of amides is 2. The molecule has 0 aliphatic heterocycles. The number of hydrazine groups is 1. The van der Waals surface area contributed by atoms with Gasteiger partial charge in [0.05, 0.1) is 6.10 Å². The minimum Gasteiger partial charge on any atom is -0.491 e. The summed E-state index contributed by atoms with van der Waals surface area (Å²) in [5.74, 6) is 0.388. The fourth-order valence-electron chi connectivity index (χ4n) is 2.92. The second-order valence-corrected chi connectivity index (χ2v) is 7.71. The number of nitrogens with one attached hydrogen (secondary N) is 3. The Morgan fingerprint density at radius 1 is 0.879 bits per heavy atom. The highest BCUT2D eigenvalue weighted by Gasteiger charge is 2.11. The lowest BCUT2D eigenvalue weighted by Gasteiger charge is -2.13. The summed E-state index contributed by atoms with van der Waals surface area (Å²) in [5.41, 5.74) is 7.18. The van der Waals surface area contributed by atoms with Crippen LogP contribution in [0.5, 0.6) is 11.5 Å². The molecule has 0 atom stereocenters. The molecule has 0 saturated heterocycles. The van der Waals surface area contributed by atoms with Gasteiger partial charge in [-0.3, -0.25) is 25.8 Å². The molecule has 3 N–H and O–H groups in total. The van der Waals surface area contributed by atoms with Crippen LogP contribution in [-0.2, 0) is 4.79 Å². The number of para-hydroxylation sites is 1. The van der Waals surface area contributed by atoms with Crippen molar-refractivity contribution in [3.05, 3.63) is 84.4 Å². The predicted octanol–water partition coefficient (Wildman–Crippen LogP) is 3.86. The Balaban J connectivity index is 1.46. The maximum absolute atomic E-state index is 12.3. The lowest BCUT2D eigenvalue weighted by Crippen LogP contribution is -2.49. The van der Waals surface area contributed by atoms with E-state index in [4.69, 9.17) is 21.7 Å². The highest BCUT2D eigenvalue weighted by molar-refractivity contribution is 7.80. The van der Waals surface area contributed by atoms with Crippen LogP contribution in [0.15, 0.2) is 78.9 Å². The number of carbonyl (C=O) groups is 2. The average Bonchev–Trinajstić information content (AvgIpc) is 2.82. The van der Waals surface area contributed by atoms with Crippen LogP contribution >= 0.6 is 12.2 Å². The lowest BCUT2D eigenvalue weighted by atomic mass is 10.1. The van der Waals surface area contributed by atoms with Crippen molar-refractivity contribution < 1.29 is 19.1 Å². The van der Waals surface area contributed by atoms with Gasteiger partial charge in [-0.25, -0.2) is 0 Å². The van der Waals surface area contributed by atoms with E-state index in [2.05, 4.69) is 16.2 Å². The van der Waals surface area contributed by atoms with Gasteiger partial charge in [0.1, 0.15) is 11.5 Å². The highest BCUT2D eigenvalue weighted by atomic mass is 32.1. The molecule has 0 radical (unpaired) electrons. The van der Waals surface area contributed by atoms with Gasteiger partial charge in [0.2, 0.25) is 0 Å². The Bertz CT molecular complexity index is 1100. The summed E-state index contributed by atoms with van der Waals surface area (Å²) in [6, 6.07) is 23.9. The van der Waals surface area contributed by atoms with Gasteiger partial charge in [-0.15, -0.1) is 0 Å². The topological polar surface area (TPSA) is 88.7 Å². The molecule has 0 aromatic heterocycles. The van der Waals surface area contributed by atoms with Crippen molar-refractivity contribution in [2.75, 3.05) is 6.61 Å². The van der Waals surface area contributed by atoms with Gasteiger partial charge >= 0.3 is 0 Å². The fraction of sp³-hybridized carbons (Fsp3) is 0.160. The molecule has 0 heterocycles. The number of thiocarbonyl (C=S) groups is 1. The Kier molecular flexibility index (Phi) is 8.37. The van der Waals surface area contributed by atoms with E-state index in [-0.39, 0.29) is 17.8 Å². The normalized spacial score (nSPS) is 10.3. The Morgan fingerprint density at radius 3 is 2.24 bits per heavy atom. The third-order valence-corrected chi connectivity index (χ3v) is 4.57. The number of ether oxygens (including phenoxy) is 2. The molecule has 8 heteroatoms. The molecule has 0 fully saturated rings. The molecule has 3 aromatic carbocycles. The molecule has 0 unspecified atom stereocenters. The van der Waals surface area contributed by atoms with Crippen LogP contribution in [0.1, 0.15) is 24.2 Å². The van der Waals surface area contributed by atoms with Crippen LogP contribution in [0, 0.1) is 0 Å². The van der Waals surface area contributed by atoms with Crippen LogP contribution in [0.2, 0.25) is 0 Å². The Labute approximate surface area is 198 Å². The van der Waals surface area contributed by atoms with E-state index >= 15 is 0 Å². The summed E-state index contributed by atoms with van der Waals surface area (Å²) >= 11 is 5.07. The molecule has 0 spiro atoms. The van der Waals surface area contributed by atoms with Crippen LogP contribution < -0.4 is 25.6 Å². The van der Waals surface area contributed by atoms with Crippen molar-refractivity contribution in [1.82, 2.24) is 16.2 Å². The summed E-state index contributed by atoms with van der Waals surface area (Å²) in [7, 11) is 0. The summed E-state index contributed by atoms with van der Waals surface area (Å²) in [6.45, 7) is 3.61. The first-order chi connectivity index (χ1) is 15.9. The number of rotatable bonds is 7. The molecule has 0 bridgehead atoms. The number of hydrogen-bond acceptors (Lipinski definition) is 5. The zero-order chi connectivity index (χ0) is 23.6. The third kappa shape index (κ3) is 7.33. The second kappa shape index (κ2) is 11.6. The monoisotopic (exact) mass is 463 g/mol. The first-order valence-electron chi connectivity index (χ1n) is 10.4. The van der Waals surface area contributed by atoms with Crippen molar-refractivity contribution in [2.24, 2.45) is 0 Å². The van der Waals surface area contributed by atoms with Gasteiger partial charge in [-0.1, -0.05) is 48.5 Å². The number of hydrogen-bond donors (Lipinski definition) is 3.